The molecule has 0 saturated carbocycles. The van der Waals surface area contributed by atoms with Gasteiger partial charge in [0.1, 0.15) is 0 Å². The molecule has 21 heavy (non-hydrogen) atoms. The van der Waals surface area contributed by atoms with Crippen LogP contribution in [0.1, 0.15) is 16.0 Å². The van der Waals surface area contributed by atoms with Crippen LogP contribution in [0.4, 0.5) is 18.9 Å². The van der Waals surface area contributed by atoms with Gasteiger partial charge in [-0.3, -0.25) is 0 Å². The lowest BCUT2D eigenvalue weighted by Crippen LogP contribution is -2.20. The second-order valence-electron chi connectivity index (χ2n) is 4.57. The van der Waals surface area contributed by atoms with Gasteiger partial charge >= 0.3 is 6.18 Å². The Kier molecular flexibility index (Phi) is 5.22. The van der Waals surface area contributed by atoms with E-state index >= 15 is 0 Å². The summed E-state index contributed by atoms with van der Waals surface area (Å²) in [5.41, 5.74) is -0.0420. The van der Waals surface area contributed by atoms with Crippen molar-refractivity contribution in [2.75, 3.05) is 11.9 Å². The third kappa shape index (κ3) is 4.14. The van der Waals surface area contributed by atoms with E-state index in [0.717, 1.165) is 15.4 Å². The highest BCUT2D eigenvalue weighted by molar-refractivity contribution is 9.10. The largest absolute Gasteiger partial charge is 0.418 e. The molecular weight excluding hydrogens is 387 g/mol. The van der Waals surface area contributed by atoms with Gasteiger partial charge in [0, 0.05) is 33.3 Å². The van der Waals surface area contributed by atoms with Crippen LogP contribution in [0.25, 0.3) is 0 Å². The maximum absolute atomic E-state index is 13.2. The van der Waals surface area contributed by atoms with Crippen LogP contribution in [0.3, 0.4) is 0 Å². The van der Waals surface area contributed by atoms with Crippen LogP contribution in [0.5, 0.6) is 0 Å². The second kappa shape index (κ2) is 6.58. The first kappa shape index (κ1) is 16.6. The van der Waals surface area contributed by atoms with E-state index in [9.17, 15) is 13.2 Å². The average molecular weight is 399 g/mol. The average Bonchev–Trinajstić information content (AvgIpc) is 2.82. The van der Waals surface area contributed by atoms with Gasteiger partial charge in [0.25, 0.3) is 0 Å². The molecule has 1 aromatic carbocycles. The summed E-state index contributed by atoms with van der Waals surface area (Å²) in [6.45, 7) is 0.416. The fourth-order valence-electron chi connectivity index (χ4n) is 1.98. The molecule has 0 aliphatic carbocycles. The zero-order valence-corrected chi connectivity index (χ0v) is 14.2. The number of benzene rings is 1. The Labute approximate surface area is 138 Å². The molecular formula is C14H12BrClF3NS. The van der Waals surface area contributed by atoms with Crippen LogP contribution in [0.15, 0.2) is 34.1 Å². The molecule has 2 aromatic rings. The Hall–Kier alpha value is -0.720. The molecule has 7 heteroatoms. The van der Waals surface area contributed by atoms with E-state index in [4.69, 9.17) is 11.6 Å². The molecule has 0 fully saturated rings. The van der Waals surface area contributed by atoms with Gasteiger partial charge in [-0.05, 0) is 39.7 Å². The summed E-state index contributed by atoms with van der Waals surface area (Å²) in [6.07, 6.45) is -4.40. The minimum Gasteiger partial charge on any atom is -0.369 e. The Morgan fingerprint density at radius 1 is 1.29 bits per heavy atom. The highest BCUT2D eigenvalue weighted by atomic mass is 79.9. The van der Waals surface area contributed by atoms with Crippen LogP contribution in [0.2, 0.25) is 0 Å². The summed E-state index contributed by atoms with van der Waals surface area (Å²) in [5.74, 6) is 0.0605. The molecule has 0 saturated heterocycles. The molecule has 1 heterocycles. The number of anilines is 1. The molecule has 1 nitrogen and oxygen atoms in total. The van der Waals surface area contributed by atoms with E-state index in [2.05, 4.69) is 15.9 Å². The molecule has 0 radical (unpaired) electrons. The molecule has 114 valence electrons. The van der Waals surface area contributed by atoms with Gasteiger partial charge in [0.05, 0.1) is 12.1 Å². The molecule has 0 aliphatic rings. The van der Waals surface area contributed by atoms with Crippen molar-refractivity contribution in [1.29, 1.82) is 0 Å². The van der Waals surface area contributed by atoms with E-state index in [-0.39, 0.29) is 11.6 Å². The highest BCUT2D eigenvalue weighted by Gasteiger charge is 2.34. The van der Waals surface area contributed by atoms with Crippen molar-refractivity contribution < 1.29 is 13.2 Å². The van der Waals surface area contributed by atoms with E-state index in [1.54, 1.807) is 18.0 Å². The summed E-state index contributed by atoms with van der Waals surface area (Å²) >= 11 is 10.5. The van der Waals surface area contributed by atoms with E-state index in [0.29, 0.717) is 12.1 Å². The molecule has 1 aromatic heterocycles. The summed E-state index contributed by atoms with van der Waals surface area (Å²) < 4.78 is 40.5. The van der Waals surface area contributed by atoms with Crippen LogP contribution in [-0.2, 0) is 18.6 Å². The summed E-state index contributed by atoms with van der Waals surface area (Å²) in [4.78, 5) is 2.58. The van der Waals surface area contributed by atoms with Crippen LogP contribution in [-0.4, -0.2) is 7.05 Å². The third-order valence-electron chi connectivity index (χ3n) is 2.95. The van der Waals surface area contributed by atoms with Crippen molar-refractivity contribution in [3.05, 3.63) is 50.1 Å². The van der Waals surface area contributed by atoms with Crippen LogP contribution >= 0.6 is 38.9 Å². The molecule has 0 spiro atoms. The van der Waals surface area contributed by atoms with Gasteiger partial charge in [0.15, 0.2) is 0 Å². The first-order valence-electron chi connectivity index (χ1n) is 6.01. The van der Waals surface area contributed by atoms with Gasteiger partial charge in [-0.1, -0.05) is 6.07 Å². The molecule has 0 amide bonds. The predicted molar refractivity (Wildman–Crippen MR) is 85.1 cm³/mol. The highest BCUT2D eigenvalue weighted by Crippen LogP contribution is 2.38. The number of halogens is 5. The lowest BCUT2D eigenvalue weighted by Gasteiger charge is -2.23. The monoisotopic (exact) mass is 397 g/mol. The van der Waals surface area contributed by atoms with Crippen molar-refractivity contribution >= 4 is 44.6 Å². The number of nitrogens with zero attached hydrogens (tertiary/aromatic N) is 1. The number of hydrogen-bond donors (Lipinski definition) is 0. The van der Waals surface area contributed by atoms with Gasteiger partial charge in [-0.15, -0.1) is 22.9 Å². The standard InChI is InChI=1S/C14H12BrClF3NS/c1-20(7-11-5-10(15)8-21-11)13-3-2-9(6-16)4-12(13)14(17,18)19/h2-5,8H,6-7H2,1H3. The van der Waals surface area contributed by atoms with Crippen LogP contribution in [0, 0.1) is 0 Å². The molecule has 0 unspecified atom stereocenters. The number of thiophene rings is 1. The zero-order valence-electron chi connectivity index (χ0n) is 11.0. The Bertz CT molecular complexity index is 627. The fraction of sp³-hybridized carbons (Fsp3) is 0.286. The maximum atomic E-state index is 13.2. The summed E-state index contributed by atoms with van der Waals surface area (Å²) in [5, 5.41) is 1.91. The van der Waals surface area contributed by atoms with Gasteiger partial charge in [-0.2, -0.15) is 13.2 Å². The second-order valence-corrected chi connectivity index (χ2v) is 6.75. The van der Waals surface area contributed by atoms with Crippen LogP contribution < -0.4 is 4.90 Å². The summed E-state index contributed by atoms with van der Waals surface area (Å²) in [7, 11) is 1.65. The Morgan fingerprint density at radius 3 is 2.52 bits per heavy atom. The van der Waals surface area contributed by atoms with Crippen molar-refractivity contribution in [3.8, 4) is 0 Å². The van der Waals surface area contributed by atoms with Crippen molar-refractivity contribution in [2.45, 2.75) is 18.6 Å². The lowest BCUT2D eigenvalue weighted by molar-refractivity contribution is -0.137. The van der Waals surface area contributed by atoms with Crippen molar-refractivity contribution in [1.82, 2.24) is 0 Å². The smallest absolute Gasteiger partial charge is 0.369 e. The van der Waals surface area contributed by atoms with Gasteiger partial charge in [0.2, 0.25) is 0 Å². The Balaban J connectivity index is 2.33. The minimum absolute atomic E-state index is 0.0605. The molecule has 2 rings (SSSR count). The zero-order chi connectivity index (χ0) is 15.6. The first-order chi connectivity index (χ1) is 9.81. The third-order valence-corrected chi connectivity index (χ3v) is 4.94. The minimum atomic E-state index is -4.40. The van der Waals surface area contributed by atoms with E-state index in [1.165, 1.54) is 17.4 Å². The van der Waals surface area contributed by atoms with Gasteiger partial charge in [-0.25, -0.2) is 0 Å². The molecule has 0 N–H and O–H groups in total. The number of rotatable bonds is 4. The van der Waals surface area contributed by atoms with E-state index < -0.39 is 11.7 Å². The Morgan fingerprint density at radius 2 is 2.00 bits per heavy atom. The van der Waals surface area contributed by atoms with Gasteiger partial charge < -0.3 is 4.90 Å². The topological polar surface area (TPSA) is 3.24 Å². The lowest BCUT2D eigenvalue weighted by atomic mass is 10.1. The number of alkyl halides is 4. The predicted octanol–water partition coefficient (Wildman–Crippen LogP) is 5.90. The number of hydrogen-bond acceptors (Lipinski definition) is 2. The quantitative estimate of drug-likeness (QED) is 0.579. The van der Waals surface area contributed by atoms with Crippen molar-refractivity contribution in [3.63, 3.8) is 0 Å². The molecule has 0 atom stereocenters. The first-order valence-corrected chi connectivity index (χ1v) is 8.22. The maximum Gasteiger partial charge on any atom is 0.418 e. The molecule has 0 bridgehead atoms. The normalized spacial score (nSPS) is 11.7. The fourth-order valence-corrected chi connectivity index (χ4v) is 3.65. The molecule has 0 aliphatic heterocycles. The summed E-state index contributed by atoms with van der Waals surface area (Å²) in [6, 6.07) is 6.12. The SMILES string of the molecule is CN(Cc1cc(Br)cs1)c1ccc(CCl)cc1C(F)(F)F. The van der Waals surface area contributed by atoms with Crippen molar-refractivity contribution in [2.24, 2.45) is 0 Å². The van der Waals surface area contributed by atoms with E-state index in [1.807, 2.05) is 11.4 Å².